The Labute approximate surface area is 346 Å². The minimum atomic E-state index is -0.509. The molecule has 0 nitrogen and oxygen atoms in total. The molecule has 9 aromatic rings. The average Bonchev–Trinajstić information content (AvgIpc) is 3.85. The molecule has 0 radical (unpaired) electrons. The topological polar surface area (TPSA) is 0 Å². The fourth-order valence-corrected chi connectivity index (χ4v) is 12.2. The summed E-state index contributed by atoms with van der Waals surface area (Å²) in [6.45, 7) is 4.73. The molecular weight excluding hydrogens is 709 g/mol. The Morgan fingerprint density at radius 2 is 0.542 bits per heavy atom. The average molecular weight is 749 g/mol. The Morgan fingerprint density at radius 3 is 1.03 bits per heavy atom. The van der Waals surface area contributed by atoms with Crippen LogP contribution in [0.3, 0.4) is 0 Å². The van der Waals surface area contributed by atoms with Gasteiger partial charge in [-0.3, -0.25) is 0 Å². The second-order valence-corrected chi connectivity index (χ2v) is 17.5. The fraction of sp³-hybridized carbons (Fsp3) is 0.0847. The van der Waals surface area contributed by atoms with Gasteiger partial charge in [0.05, 0.1) is 10.8 Å². The Morgan fingerprint density at radius 1 is 0.220 bits per heavy atom. The van der Waals surface area contributed by atoms with Crippen LogP contribution in [-0.2, 0) is 16.2 Å². The van der Waals surface area contributed by atoms with Crippen LogP contribution in [0, 0.1) is 0 Å². The minimum Gasteiger partial charge on any atom is -0.0619 e. The molecule has 4 aliphatic rings. The molecule has 4 aliphatic carbocycles. The summed E-state index contributed by atoms with van der Waals surface area (Å²) in [6, 6.07) is 78.7. The summed E-state index contributed by atoms with van der Waals surface area (Å²) in [6.07, 6.45) is 0. The quantitative estimate of drug-likeness (QED) is 0.165. The number of rotatable bonds is 2. The van der Waals surface area contributed by atoms with E-state index in [9.17, 15) is 0 Å². The van der Waals surface area contributed by atoms with Crippen LogP contribution in [0.15, 0.2) is 206 Å². The lowest BCUT2D eigenvalue weighted by Gasteiger charge is -2.49. The van der Waals surface area contributed by atoms with Crippen molar-refractivity contribution in [3.05, 3.63) is 262 Å². The summed E-state index contributed by atoms with van der Waals surface area (Å²) >= 11 is 0. The molecule has 0 heterocycles. The summed E-state index contributed by atoms with van der Waals surface area (Å²) in [5.74, 6) is 0. The van der Waals surface area contributed by atoms with Gasteiger partial charge in [-0.15, -0.1) is 0 Å². The fourth-order valence-electron chi connectivity index (χ4n) is 12.2. The van der Waals surface area contributed by atoms with Gasteiger partial charge < -0.3 is 0 Å². The molecule has 13 rings (SSSR count). The molecule has 2 spiro atoms. The Kier molecular flexibility index (Phi) is 6.46. The van der Waals surface area contributed by atoms with E-state index in [1.807, 2.05) is 0 Å². The Balaban J connectivity index is 1.09. The summed E-state index contributed by atoms with van der Waals surface area (Å²) in [5.41, 5.74) is 25.6. The monoisotopic (exact) mass is 748 g/mol. The molecule has 0 saturated heterocycles. The van der Waals surface area contributed by atoms with Gasteiger partial charge in [0.1, 0.15) is 0 Å². The number of fused-ring (bicyclic) bond motifs is 19. The van der Waals surface area contributed by atoms with Crippen molar-refractivity contribution >= 4 is 0 Å². The van der Waals surface area contributed by atoms with Crippen LogP contribution in [0.1, 0.15) is 69.5 Å². The molecule has 276 valence electrons. The minimum absolute atomic E-state index is 0.0516. The molecule has 0 aromatic heterocycles. The molecule has 0 bridgehead atoms. The van der Waals surface area contributed by atoms with Gasteiger partial charge >= 0.3 is 0 Å². The molecule has 0 aliphatic heterocycles. The van der Waals surface area contributed by atoms with Gasteiger partial charge in [0.2, 0.25) is 0 Å². The van der Waals surface area contributed by atoms with Crippen LogP contribution >= 0.6 is 0 Å². The van der Waals surface area contributed by atoms with E-state index in [-0.39, 0.29) is 5.41 Å². The Bertz CT molecular complexity index is 3170. The standard InChI is InChI=1S/C59H40/c1-57(2)47-23-8-3-18-41(47)46-32-30-39(35-55(46)57)37-16-15-17-38(34-37)40-31-33-54-56(36-40)59(50-26-11-6-21-44(50)45-22-7-12-27-51(45)59)53-29-14-13-28-52(53)58(54)48-24-9-4-19-42(48)43-20-5-10-25-49(43)58/h3-36H,1-2H3. The highest BCUT2D eigenvalue weighted by atomic mass is 14.6. The van der Waals surface area contributed by atoms with E-state index in [4.69, 9.17) is 0 Å². The number of hydrogen-bond donors (Lipinski definition) is 0. The molecule has 0 N–H and O–H groups in total. The lowest BCUT2D eigenvalue weighted by molar-refractivity contribution is 0.633. The molecule has 0 unspecified atom stereocenters. The molecule has 0 fully saturated rings. The van der Waals surface area contributed by atoms with E-state index in [1.54, 1.807) is 0 Å². The van der Waals surface area contributed by atoms with Crippen LogP contribution in [0.4, 0.5) is 0 Å². The molecule has 9 aromatic carbocycles. The van der Waals surface area contributed by atoms with Gasteiger partial charge in [0, 0.05) is 5.41 Å². The summed E-state index contributed by atoms with van der Waals surface area (Å²) in [5, 5.41) is 0. The van der Waals surface area contributed by atoms with E-state index in [2.05, 4.69) is 220 Å². The second-order valence-electron chi connectivity index (χ2n) is 17.5. The SMILES string of the molecule is CC1(C)c2ccccc2-c2ccc(-c3cccc(-c4ccc5c(c4)C4(c6ccccc6-c6ccccc64)c4ccccc4C54c5ccccc5-c5ccccc54)c3)cc21. The summed E-state index contributed by atoms with van der Waals surface area (Å²) < 4.78 is 0. The van der Waals surface area contributed by atoms with Gasteiger partial charge in [-0.25, -0.2) is 0 Å². The van der Waals surface area contributed by atoms with E-state index >= 15 is 0 Å². The molecule has 0 heteroatoms. The predicted molar refractivity (Wildman–Crippen MR) is 243 cm³/mol. The van der Waals surface area contributed by atoms with Crippen molar-refractivity contribution in [2.75, 3.05) is 0 Å². The normalized spacial score (nSPS) is 15.7. The summed E-state index contributed by atoms with van der Waals surface area (Å²) in [7, 11) is 0. The van der Waals surface area contributed by atoms with Crippen molar-refractivity contribution in [2.24, 2.45) is 0 Å². The molecule has 0 atom stereocenters. The lowest BCUT2D eigenvalue weighted by Crippen LogP contribution is -2.43. The molecule has 0 saturated carbocycles. The highest BCUT2D eigenvalue weighted by molar-refractivity contribution is 5.94. The van der Waals surface area contributed by atoms with Crippen LogP contribution in [-0.4, -0.2) is 0 Å². The third-order valence-electron chi connectivity index (χ3n) is 14.6. The third kappa shape index (κ3) is 3.99. The second kappa shape index (κ2) is 11.6. The van der Waals surface area contributed by atoms with Crippen LogP contribution in [0.25, 0.3) is 55.6 Å². The van der Waals surface area contributed by atoms with E-state index in [0.29, 0.717) is 0 Å². The van der Waals surface area contributed by atoms with Crippen molar-refractivity contribution in [2.45, 2.75) is 30.1 Å². The van der Waals surface area contributed by atoms with Gasteiger partial charge in [-0.1, -0.05) is 202 Å². The highest BCUT2D eigenvalue weighted by Gasteiger charge is 2.59. The number of hydrogen-bond acceptors (Lipinski definition) is 0. The van der Waals surface area contributed by atoms with Gasteiger partial charge in [0.25, 0.3) is 0 Å². The maximum Gasteiger partial charge on any atom is 0.0720 e. The third-order valence-corrected chi connectivity index (χ3v) is 14.6. The number of benzene rings is 9. The van der Waals surface area contributed by atoms with Crippen LogP contribution in [0.5, 0.6) is 0 Å². The van der Waals surface area contributed by atoms with Crippen molar-refractivity contribution in [3.8, 4) is 55.6 Å². The zero-order valence-corrected chi connectivity index (χ0v) is 33.1. The first-order valence-electron chi connectivity index (χ1n) is 21.0. The van der Waals surface area contributed by atoms with Gasteiger partial charge in [-0.2, -0.15) is 0 Å². The van der Waals surface area contributed by atoms with Crippen molar-refractivity contribution in [3.63, 3.8) is 0 Å². The molecule has 59 heavy (non-hydrogen) atoms. The van der Waals surface area contributed by atoms with Crippen molar-refractivity contribution in [1.82, 2.24) is 0 Å². The van der Waals surface area contributed by atoms with E-state index < -0.39 is 10.8 Å². The zero-order valence-electron chi connectivity index (χ0n) is 33.1. The first-order chi connectivity index (χ1) is 29.0. The van der Waals surface area contributed by atoms with Gasteiger partial charge in [-0.05, 0) is 129 Å². The van der Waals surface area contributed by atoms with Crippen LogP contribution in [0.2, 0.25) is 0 Å². The predicted octanol–water partition coefficient (Wildman–Crippen LogP) is 14.4. The summed E-state index contributed by atoms with van der Waals surface area (Å²) in [4.78, 5) is 0. The van der Waals surface area contributed by atoms with Gasteiger partial charge in [0.15, 0.2) is 0 Å². The van der Waals surface area contributed by atoms with Crippen molar-refractivity contribution < 1.29 is 0 Å². The van der Waals surface area contributed by atoms with Crippen molar-refractivity contribution in [1.29, 1.82) is 0 Å². The Hall–Kier alpha value is -7.02. The smallest absolute Gasteiger partial charge is 0.0619 e. The van der Waals surface area contributed by atoms with Crippen LogP contribution < -0.4 is 0 Å². The molecule has 0 amide bonds. The maximum atomic E-state index is 2.57. The van der Waals surface area contributed by atoms with E-state index in [1.165, 1.54) is 111 Å². The first-order valence-corrected chi connectivity index (χ1v) is 21.0. The zero-order chi connectivity index (χ0) is 39.1. The maximum absolute atomic E-state index is 2.57. The lowest BCUT2D eigenvalue weighted by atomic mass is 9.52. The first kappa shape index (κ1) is 33.0. The molecular formula is C59H40. The van der Waals surface area contributed by atoms with E-state index in [0.717, 1.165) is 0 Å². The largest absolute Gasteiger partial charge is 0.0720 e. The highest BCUT2D eigenvalue weighted by Crippen LogP contribution is 2.67.